The molecule has 0 amide bonds. The van der Waals surface area contributed by atoms with E-state index >= 15 is 0 Å². The number of alkyl halides is 3. The van der Waals surface area contributed by atoms with E-state index in [0.29, 0.717) is 0 Å². The van der Waals surface area contributed by atoms with E-state index in [0.717, 1.165) is 12.2 Å². The number of ether oxygens (including phenoxy) is 1. The first-order valence-corrected chi connectivity index (χ1v) is 4.48. The summed E-state index contributed by atoms with van der Waals surface area (Å²) >= 11 is -3.52. The van der Waals surface area contributed by atoms with Crippen molar-refractivity contribution in [1.29, 1.82) is 0 Å². The molecule has 2 aliphatic heterocycles. The number of rotatable bonds is 1. The minimum absolute atomic E-state index is 0.968. The Morgan fingerprint density at radius 2 is 1.85 bits per heavy atom. The standard InChI is InChI=1S/C6H5F3O3S/c7-5(8)3-1-2-4(12-3)6(5,9)13(10)11/h1-4H,(H,10,11)/p-1. The Hall–Kier alpha value is -0.400. The predicted molar refractivity (Wildman–Crippen MR) is 35.5 cm³/mol. The molecule has 2 aliphatic rings. The summed E-state index contributed by atoms with van der Waals surface area (Å²) in [4.78, 5) is 0. The molecule has 2 heterocycles. The van der Waals surface area contributed by atoms with Crippen LogP contribution in [0.5, 0.6) is 0 Å². The summed E-state index contributed by atoms with van der Waals surface area (Å²) in [5.41, 5.74) is 0. The summed E-state index contributed by atoms with van der Waals surface area (Å²) in [5, 5.41) is -3.62. The Morgan fingerprint density at radius 1 is 1.31 bits per heavy atom. The van der Waals surface area contributed by atoms with Gasteiger partial charge in [0.15, 0.2) is 0 Å². The summed E-state index contributed by atoms with van der Waals surface area (Å²) in [6, 6.07) is 0. The van der Waals surface area contributed by atoms with Crippen molar-refractivity contribution in [3.63, 3.8) is 0 Å². The molecule has 0 N–H and O–H groups in total. The maximum atomic E-state index is 13.4. The lowest BCUT2D eigenvalue weighted by molar-refractivity contribution is -0.0898. The van der Waals surface area contributed by atoms with Crippen molar-refractivity contribution in [3.8, 4) is 0 Å². The van der Waals surface area contributed by atoms with Gasteiger partial charge in [-0.2, -0.15) is 8.78 Å². The maximum absolute atomic E-state index is 13.4. The van der Waals surface area contributed by atoms with Crippen molar-refractivity contribution < 1.29 is 26.7 Å². The Balaban J connectivity index is 2.50. The van der Waals surface area contributed by atoms with Crippen LogP contribution in [0.15, 0.2) is 12.2 Å². The molecule has 1 saturated heterocycles. The van der Waals surface area contributed by atoms with Gasteiger partial charge in [0.25, 0.3) is 5.00 Å². The summed E-state index contributed by atoms with van der Waals surface area (Å²) in [6.07, 6.45) is -1.49. The fourth-order valence-electron chi connectivity index (χ4n) is 1.46. The monoisotopic (exact) mass is 213 g/mol. The van der Waals surface area contributed by atoms with E-state index in [1.54, 1.807) is 0 Å². The quantitative estimate of drug-likeness (QED) is 0.471. The molecule has 0 aliphatic carbocycles. The van der Waals surface area contributed by atoms with Crippen molar-refractivity contribution in [2.45, 2.75) is 23.1 Å². The topological polar surface area (TPSA) is 49.4 Å². The van der Waals surface area contributed by atoms with Crippen LogP contribution in [0.4, 0.5) is 13.2 Å². The van der Waals surface area contributed by atoms with E-state index in [4.69, 9.17) is 0 Å². The second-order valence-electron chi connectivity index (χ2n) is 2.86. The van der Waals surface area contributed by atoms with Gasteiger partial charge in [0.1, 0.15) is 12.2 Å². The smallest absolute Gasteiger partial charge is 0.324 e. The molecule has 13 heavy (non-hydrogen) atoms. The van der Waals surface area contributed by atoms with Gasteiger partial charge in [0.05, 0.1) is 0 Å². The Morgan fingerprint density at radius 3 is 2.15 bits per heavy atom. The van der Waals surface area contributed by atoms with Crippen LogP contribution in [0, 0.1) is 0 Å². The van der Waals surface area contributed by atoms with Crippen LogP contribution in [0.25, 0.3) is 0 Å². The van der Waals surface area contributed by atoms with E-state index in [1.807, 2.05) is 0 Å². The van der Waals surface area contributed by atoms with E-state index in [2.05, 4.69) is 4.74 Å². The zero-order valence-corrected chi connectivity index (χ0v) is 6.89. The van der Waals surface area contributed by atoms with Crippen LogP contribution < -0.4 is 0 Å². The van der Waals surface area contributed by atoms with E-state index < -0.39 is 34.2 Å². The van der Waals surface area contributed by atoms with Gasteiger partial charge < -0.3 is 9.29 Å². The van der Waals surface area contributed by atoms with E-state index in [-0.39, 0.29) is 0 Å². The lowest BCUT2D eigenvalue weighted by Gasteiger charge is -2.32. The zero-order chi connectivity index (χ0) is 9.85. The fourth-order valence-corrected chi connectivity index (χ4v) is 2.12. The van der Waals surface area contributed by atoms with Crippen LogP contribution in [0.2, 0.25) is 0 Å². The van der Waals surface area contributed by atoms with Crippen LogP contribution in [0.1, 0.15) is 0 Å². The van der Waals surface area contributed by atoms with Crippen molar-refractivity contribution in [1.82, 2.24) is 0 Å². The molecule has 2 bridgehead atoms. The van der Waals surface area contributed by atoms with Gasteiger partial charge in [-0.05, 0) is 11.1 Å². The molecule has 0 aromatic heterocycles. The third-order valence-electron chi connectivity index (χ3n) is 2.17. The number of hydrogen-bond donors (Lipinski definition) is 0. The highest BCUT2D eigenvalue weighted by atomic mass is 32.2. The third kappa shape index (κ3) is 0.844. The second kappa shape index (κ2) is 2.34. The highest BCUT2D eigenvalue weighted by molar-refractivity contribution is 7.80. The molecule has 0 aromatic carbocycles. The van der Waals surface area contributed by atoms with Gasteiger partial charge in [-0.3, -0.25) is 4.21 Å². The van der Waals surface area contributed by atoms with Crippen LogP contribution in [0.3, 0.4) is 0 Å². The molecular weight excluding hydrogens is 209 g/mol. The molecule has 2 rings (SSSR count). The zero-order valence-electron chi connectivity index (χ0n) is 6.08. The summed E-state index contributed by atoms with van der Waals surface area (Å²) < 4.78 is 64.5. The van der Waals surface area contributed by atoms with Crippen LogP contribution >= 0.6 is 0 Å². The molecule has 4 unspecified atom stereocenters. The van der Waals surface area contributed by atoms with Gasteiger partial charge in [0, 0.05) is 0 Å². The lowest BCUT2D eigenvalue weighted by Crippen LogP contribution is -2.53. The normalized spacial score (nSPS) is 48.3. The molecule has 0 spiro atoms. The summed E-state index contributed by atoms with van der Waals surface area (Å²) in [7, 11) is 0. The SMILES string of the molecule is O=S([O-])C1(F)C2C=CC(O2)C1(F)F. The Labute approximate surface area is 73.9 Å². The van der Waals surface area contributed by atoms with Crippen LogP contribution in [-0.4, -0.2) is 31.9 Å². The molecule has 1 fully saturated rings. The van der Waals surface area contributed by atoms with Gasteiger partial charge in [-0.15, -0.1) is 0 Å². The van der Waals surface area contributed by atoms with Gasteiger partial charge >= 0.3 is 5.92 Å². The maximum Gasteiger partial charge on any atom is 0.324 e. The minimum atomic E-state index is -4.00. The molecule has 0 aromatic rings. The minimum Gasteiger partial charge on any atom is -0.770 e. The lowest BCUT2D eigenvalue weighted by atomic mass is 10.0. The average molecular weight is 213 g/mol. The summed E-state index contributed by atoms with van der Waals surface area (Å²) in [6.45, 7) is 0. The van der Waals surface area contributed by atoms with Gasteiger partial charge in [-0.25, -0.2) is 4.39 Å². The molecule has 4 atom stereocenters. The largest absolute Gasteiger partial charge is 0.770 e. The molecule has 0 saturated carbocycles. The second-order valence-corrected chi connectivity index (χ2v) is 3.93. The third-order valence-corrected chi connectivity index (χ3v) is 3.16. The first kappa shape index (κ1) is 9.17. The molecule has 74 valence electrons. The summed E-state index contributed by atoms with van der Waals surface area (Å²) in [5.74, 6) is -4.00. The van der Waals surface area contributed by atoms with Crippen molar-refractivity contribution >= 4 is 11.1 Å². The van der Waals surface area contributed by atoms with Gasteiger partial charge in [-0.1, -0.05) is 12.2 Å². The fraction of sp³-hybridized carbons (Fsp3) is 0.667. The van der Waals surface area contributed by atoms with Gasteiger partial charge in [0.2, 0.25) is 0 Å². The van der Waals surface area contributed by atoms with E-state index in [9.17, 15) is 21.9 Å². The number of halogens is 3. The molecule has 3 nitrogen and oxygen atoms in total. The molecular formula is C6H4F3O3S-. The first-order valence-electron chi connectivity index (χ1n) is 3.40. The highest BCUT2D eigenvalue weighted by Crippen LogP contribution is 2.52. The predicted octanol–water partition coefficient (Wildman–Crippen LogP) is 0.504. The van der Waals surface area contributed by atoms with Crippen molar-refractivity contribution in [3.05, 3.63) is 12.2 Å². The van der Waals surface area contributed by atoms with Crippen molar-refractivity contribution in [2.24, 2.45) is 0 Å². The van der Waals surface area contributed by atoms with E-state index in [1.165, 1.54) is 0 Å². The highest BCUT2D eigenvalue weighted by Gasteiger charge is 2.73. The Kier molecular flexibility index (Phi) is 1.65. The first-order chi connectivity index (χ1) is 5.90. The van der Waals surface area contributed by atoms with Crippen LogP contribution in [-0.2, 0) is 15.8 Å². The number of hydrogen-bond acceptors (Lipinski definition) is 3. The average Bonchev–Trinajstić information content (AvgIpc) is 2.54. The number of fused-ring (bicyclic) bond motifs is 2. The van der Waals surface area contributed by atoms with Crippen molar-refractivity contribution in [2.75, 3.05) is 0 Å². The molecule has 7 heteroatoms. The Bertz CT molecular complexity index is 305. The molecule has 0 radical (unpaired) electrons.